The van der Waals surface area contributed by atoms with Crippen LogP contribution in [0, 0.1) is 0 Å². The maximum absolute atomic E-state index is 12.5. The minimum absolute atomic E-state index is 0.0775. The van der Waals surface area contributed by atoms with E-state index in [9.17, 15) is 14.7 Å². The molecule has 2 aromatic rings. The van der Waals surface area contributed by atoms with Gasteiger partial charge in [0.2, 0.25) is 18.6 Å². The summed E-state index contributed by atoms with van der Waals surface area (Å²) < 4.78 is 12.3. The Labute approximate surface area is 172 Å². The molecule has 0 spiro atoms. The molecule has 2 heterocycles. The summed E-state index contributed by atoms with van der Waals surface area (Å²) >= 11 is 1.16. The van der Waals surface area contributed by atoms with Crippen LogP contribution in [0.4, 0.5) is 0 Å². The van der Waals surface area contributed by atoms with Crippen molar-refractivity contribution in [2.45, 2.75) is 49.8 Å². The lowest BCUT2D eigenvalue weighted by Gasteiger charge is -2.18. The molecule has 29 heavy (non-hydrogen) atoms. The van der Waals surface area contributed by atoms with Crippen LogP contribution < -0.4 is 20.3 Å². The summed E-state index contributed by atoms with van der Waals surface area (Å²) in [6.07, 6.45) is 3.95. The van der Waals surface area contributed by atoms with Gasteiger partial charge in [-0.2, -0.15) is 4.98 Å². The van der Waals surface area contributed by atoms with Crippen LogP contribution in [0.25, 0.3) is 0 Å². The zero-order valence-corrected chi connectivity index (χ0v) is 16.9. The number of thioether (sulfide) groups is 1. The van der Waals surface area contributed by atoms with E-state index in [2.05, 4.69) is 10.3 Å². The molecule has 1 aliphatic carbocycles. The molecular weight excluding hydrogens is 394 g/mol. The molecule has 154 valence electrons. The Balaban J connectivity index is 1.41. The molecule has 1 amide bonds. The molecule has 1 saturated carbocycles. The molecule has 0 radical (unpaired) electrons. The predicted octanol–water partition coefficient (Wildman–Crippen LogP) is 2.76. The fraction of sp³-hybridized carbons (Fsp3) is 0.450. The molecule has 8 nitrogen and oxygen atoms in total. The van der Waals surface area contributed by atoms with Gasteiger partial charge in [-0.1, -0.05) is 30.7 Å². The highest BCUT2D eigenvalue weighted by Crippen LogP contribution is 2.34. The van der Waals surface area contributed by atoms with Gasteiger partial charge < -0.3 is 19.9 Å². The second-order valence-corrected chi connectivity index (χ2v) is 8.18. The average Bonchev–Trinajstić information content (AvgIpc) is 3.37. The van der Waals surface area contributed by atoms with Crippen LogP contribution >= 0.6 is 11.8 Å². The number of hydrogen-bond acceptors (Lipinski definition) is 7. The third kappa shape index (κ3) is 4.34. The monoisotopic (exact) mass is 417 g/mol. The second kappa shape index (κ2) is 8.36. The number of benzene rings is 1. The fourth-order valence-corrected chi connectivity index (χ4v) is 4.62. The lowest BCUT2D eigenvalue weighted by molar-refractivity contribution is -0.119. The number of nitrogens with one attached hydrogen (secondary N) is 1. The highest BCUT2D eigenvalue weighted by molar-refractivity contribution is 7.99. The van der Waals surface area contributed by atoms with Crippen LogP contribution in [0.5, 0.6) is 17.4 Å². The van der Waals surface area contributed by atoms with Crippen molar-refractivity contribution in [2.24, 2.45) is 0 Å². The van der Waals surface area contributed by atoms with Gasteiger partial charge in [0.1, 0.15) is 0 Å². The minimum atomic E-state index is -0.319. The Morgan fingerprint density at radius 3 is 2.86 bits per heavy atom. The van der Waals surface area contributed by atoms with Crippen molar-refractivity contribution in [3.63, 3.8) is 0 Å². The van der Waals surface area contributed by atoms with Crippen molar-refractivity contribution in [3.05, 3.63) is 40.2 Å². The number of hydrogen-bond donors (Lipinski definition) is 2. The Kier molecular flexibility index (Phi) is 5.66. The summed E-state index contributed by atoms with van der Waals surface area (Å²) in [6.45, 7) is 2.09. The maximum atomic E-state index is 12.5. The first kappa shape index (κ1) is 19.6. The smallest absolute Gasteiger partial charge is 0.258 e. The Bertz CT molecular complexity index is 971. The summed E-state index contributed by atoms with van der Waals surface area (Å²) in [5.74, 6) is 0.958. The quantitative estimate of drug-likeness (QED) is 0.550. The van der Waals surface area contributed by atoms with Crippen molar-refractivity contribution < 1.29 is 19.4 Å². The van der Waals surface area contributed by atoms with Crippen molar-refractivity contribution in [1.29, 1.82) is 0 Å². The van der Waals surface area contributed by atoms with Crippen molar-refractivity contribution in [1.82, 2.24) is 14.9 Å². The largest absolute Gasteiger partial charge is 0.493 e. The van der Waals surface area contributed by atoms with E-state index in [1.54, 1.807) is 4.57 Å². The highest BCUT2D eigenvalue weighted by Gasteiger charge is 2.23. The Hall–Kier alpha value is -2.68. The molecule has 2 N–H and O–H groups in total. The summed E-state index contributed by atoms with van der Waals surface area (Å²) in [6, 6.07) is 6.56. The van der Waals surface area contributed by atoms with E-state index in [0.717, 1.165) is 49.1 Å². The number of aromatic hydroxyl groups is 1. The first-order valence-corrected chi connectivity index (χ1v) is 10.6. The lowest BCUT2D eigenvalue weighted by Crippen LogP contribution is -2.29. The van der Waals surface area contributed by atoms with Crippen LogP contribution in [0.3, 0.4) is 0 Å². The summed E-state index contributed by atoms with van der Waals surface area (Å²) in [5, 5.41) is 13.1. The second-order valence-electron chi connectivity index (χ2n) is 7.23. The molecule has 1 aromatic carbocycles. The van der Waals surface area contributed by atoms with Crippen molar-refractivity contribution >= 4 is 17.7 Å². The van der Waals surface area contributed by atoms with Crippen LogP contribution in [0.1, 0.15) is 50.3 Å². The molecule has 0 saturated heterocycles. The van der Waals surface area contributed by atoms with E-state index in [-0.39, 0.29) is 42.0 Å². The van der Waals surface area contributed by atoms with E-state index < -0.39 is 0 Å². The van der Waals surface area contributed by atoms with Crippen molar-refractivity contribution in [3.8, 4) is 17.4 Å². The van der Waals surface area contributed by atoms with Gasteiger partial charge in [-0.3, -0.25) is 14.2 Å². The van der Waals surface area contributed by atoms with Crippen LogP contribution in [0.2, 0.25) is 0 Å². The molecule has 1 fully saturated rings. The van der Waals surface area contributed by atoms with Crippen molar-refractivity contribution in [2.75, 3.05) is 12.5 Å². The highest BCUT2D eigenvalue weighted by atomic mass is 32.2. The molecule has 2 aliphatic rings. The number of amides is 1. The van der Waals surface area contributed by atoms with E-state index in [1.807, 2.05) is 25.1 Å². The van der Waals surface area contributed by atoms with Gasteiger partial charge in [0.25, 0.3) is 5.56 Å². The first-order chi connectivity index (χ1) is 14.0. The van der Waals surface area contributed by atoms with Gasteiger partial charge in [0, 0.05) is 6.04 Å². The van der Waals surface area contributed by atoms with Crippen LogP contribution in [-0.4, -0.2) is 33.1 Å². The number of rotatable bonds is 6. The van der Waals surface area contributed by atoms with Gasteiger partial charge in [0.05, 0.1) is 17.9 Å². The van der Waals surface area contributed by atoms with E-state index >= 15 is 0 Å². The average molecular weight is 417 g/mol. The first-order valence-electron chi connectivity index (χ1n) is 9.65. The summed E-state index contributed by atoms with van der Waals surface area (Å²) in [7, 11) is 0. The predicted molar refractivity (Wildman–Crippen MR) is 108 cm³/mol. The van der Waals surface area contributed by atoms with E-state index in [0.29, 0.717) is 16.7 Å². The topological polar surface area (TPSA) is 103 Å². The lowest BCUT2D eigenvalue weighted by atomic mass is 10.1. The molecule has 1 aliphatic heterocycles. The molecule has 1 atom stereocenters. The zero-order valence-electron chi connectivity index (χ0n) is 16.1. The summed E-state index contributed by atoms with van der Waals surface area (Å²) in [4.78, 5) is 28.9. The molecule has 4 rings (SSSR count). The maximum Gasteiger partial charge on any atom is 0.258 e. The van der Waals surface area contributed by atoms with Gasteiger partial charge >= 0.3 is 0 Å². The fourth-order valence-electron chi connectivity index (χ4n) is 3.74. The minimum Gasteiger partial charge on any atom is -0.493 e. The molecule has 0 bridgehead atoms. The molecular formula is C20H23N3O5S. The molecule has 0 unspecified atom stereocenters. The number of ether oxygens (including phenoxy) is 2. The third-order valence-corrected chi connectivity index (χ3v) is 6.16. The number of fused-ring (bicyclic) bond motifs is 1. The number of carbonyl (C=O) groups is 1. The third-order valence-electron chi connectivity index (χ3n) is 5.20. The van der Waals surface area contributed by atoms with E-state index in [4.69, 9.17) is 9.47 Å². The molecule has 9 heteroatoms. The Morgan fingerprint density at radius 2 is 2.07 bits per heavy atom. The van der Waals surface area contributed by atoms with Gasteiger partial charge in [0.15, 0.2) is 16.7 Å². The summed E-state index contributed by atoms with van der Waals surface area (Å²) in [5.41, 5.74) is 0.631. The van der Waals surface area contributed by atoms with Gasteiger partial charge in [-0.15, -0.1) is 0 Å². The van der Waals surface area contributed by atoms with E-state index in [1.165, 1.54) is 0 Å². The SMILES string of the molecule is C[C@H](NC(=O)CSc1nc(O)cc(=O)n1C1CCCC1)c1ccc2c(c1)OCO2. The zero-order chi connectivity index (χ0) is 20.4. The standard InChI is InChI=1S/C20H23N3O5S/c1-12(13-6-7-15-16(8-13)28-11-27-15)21-18(25)10-29-20-22-17(24)9-19(26)23(20)14-4-2-3-5-14/h6-9,12,14,24H,2-5,10-11H2,1H3,(H,21,25)/t12-/m0/s1. The normalized spacial score (nSPS) is 16.7. The molecule has 1 aromatic heterocycles. The number of aromatic nitrogens is 2. The van der Waals surface area contributed by atoms with Crippen LogP contribution in [-0.2, 0) is 4.79 Å². The Morgan fingerprint density at radius 1 is 1.31 bits per heavy atom. The number of carbonyl (C=O) groups excluding carboxylic acids is 1. The number of nitrogens with zero attached hydrogens (tertiary/aromatic N) is 2. The van der Waals surface area contributed by atoms with Gasteiger partial charge in [-0.05, 0) is 37.5 Å². The van der Waals surface area contributed by atoms with Gasteiger partial charge in [-0.25, -0.2) is 0 Å². The van der Waals surface area contributed by atoms with Crippen LogP contribution in [0.15, 0.2) is 34.2 Å².